The van der Waals surface area contributed by atoms with Gasteiger partial charge in [0.15, 0.2) is 6.29 Å². The van der Waals surface area contributed by atoms with Gasteiger partial charge in [-0.25, -0.2) is 4.79 Å². The van der Waals surface area contributed by atoms with Crippen molar-refractivity contribution in [2.45, 2.75) is 6.61 Å². The molecule has 5 heteroatoms. The van der Waals surface area contributed by atoms with Crippen LogP contribution in [0.25, 0.3) is 0 Å². The van der Waals surface area contributed by atoms with Gasteiger partial charge in [-0.3, -0.25) is 4.79 Å². The summed E-state index contributed by atoms with van der Waals surface area (Å²) in [6, 6.07) is 11.4. The first-order chi connectivity index (χ1) is 10.2. The van der Waals surface area contributed by atoms with Crippen molar-refractivity contribution in [2.75, 3.05) is 7.11 Å². The van der Waals surface area contributed by atoms with Gasteiger partial charge < -0.3 is 14.6 Å². The van der Waals surface area contributed by atoms with Crippen LogP contribution in [0.5, 0.6) is 11.5 Å². The molecule has 21 heavy (non-hydrogen) atoms. The molecule has 108 valence electrons. The third-order valence-corrected chi connectivity index (χ3v) is 2.91. The van der Waals surface area contributed by atoms with E-state index in [1.54, 1.807) is 30.3 Å². The van der Waals surface area contributed by atoms with Gasteiger partial charge in [-0.05, 0) is 29.8 Å². The molecule has 0 unspecified atom stereocenters. The standard InChI is InChI=1S/C16H14O5/c1-20-16(19)13-7-6-11(8-14(13)18)10-21-15-5-3-2-4-12(15)9-17/h2-9,18H,10H2,1H3. The lowest BCUT2D eigenvalue weighted by molar-refractivity contribution is 0.0597. The van der Waals surface area contributed by atoms with Crippen LogP contribution >= 0.6 is 0 Å². The highest BCUT2D eigenvalue weighted by atomic mass is 16.5. The minimum atomic E-state index is -0.605. The molecular weight excluding hydrogens is 272 g/mol. The molecule has 0 aliphatic heterocycles. The van der Waals surface area contributed by atoms with E-state index in [4.69, 9.17) is 4.74 Å². The zero-order chi connectivity index (χ0) is 15.2. The van der Waals surface area contributed by atoms with Crippen LogP contribution in [0.4, 0.5) is 0 Å². The highest BCUT2D eigenvalue weighted by Gasteiger charge is 2.12. The fourth-order valence-electron chi connectivity index (χ4n) is 1.82. The lowest BCUT2D eigenvalue weighted by atomic mass is 10.1. The van der Waals surface area contributed by atoms with Crippen molar-refractivity contribution in [3.05, 3.63) is 59.2 Å². The maximum absolute atomic E-state index is 11.4. The number of hydrogen-bond acceptors (Lipinski definition) is 5. The topological polar surface area (TPSA) is 72.8 Å². The fourth-order valence-corrected chi connectivity index (χ4v) is 1.82. The molecule has 0 saturated carbocycles. The number of phenolic OH excluding ortho intramolecular Hbond substituents is 1. The minimum Gasteiger partial charge on any atom is -0.507 e. The van der Waals surface area contributed by atoms with Crippen molar-refractivity contribution in [3.8, 4) is 11.5 Å². The Morgan fingerprint density at radius 2 is 2.00 bits per heavy atom. The number of ether oxygens (including phenoxy) is 2. The van der Waals surface area contributed by atoms with Crippen LogP contribution in [0.2, 0.25) is 0 Å². The van der Waals surface area contributed by atoms with Crippen molar-refractivity contribution in [1.29, 1.82) is 0 Å². The van der Waals surface area contributed by atoms with E-state index in [2.05, 4.69) is 4.74 Å². The molecule has 0 heterocycles. The average molecular weight is 286 g/mol. The van der Waals surface area contributed by atoms with Crippen LogP contribution in [0.1, 0.15) is 26.3 Å². The summed E-state index contributed by atoms with van der Waals surface area (Å²) in [5.74, 6) is -0.318. The second kappa shape index (κ2) is 6.56. The summed E-state index contributed by atoms with van der Waals surface area (Å²) in [6.07, 6.45) is 0.715. The molecule has 1 N–H and O–H groups in total. The number of methoxy groups -OCH3 is 1. The molecule has 2 aromatic carbocycles. The second-order valence-corrected chi connectivity index (χ2v) is 4.29. The van der Waals surface area contributed by atoms with E-state index >= 15 is 0 Å². The number of aromatic hydroxyl groups is 1. The molecule has 2 rings (SSSR count). The summed E-state index contributed by atoms with van der Waals surface area (Å²) >= 11 is 0. The van der Waals surface area contributed by atoms with Gasteiger partial charge in [0, 0.05) is 0 Å². The molecule has 0 amide bonds. The molecule has 5 nitrogen and oxygen atoms in total. The molecule has 0 fully saturated rings. The molecule has 0 aromatic heterocycles. The van der Waals surface area contributed by atoms with Crippen LogP contribution in [-0.2, 0) is 11.3 Å². The van der Waals surface area contributed by atoms with Crippen LogP contribution in [0.15, 0.2) is 42.5 Å². The summed E-state index contributed by atoms with van der Waals surface area (Å²) < 4.78 is 10.1. The summed E-state index contributed by atoms with van der Waals surface area (Å²) in [6.45, 7) is 0.167. The number of hydrogen-bond donors (Lipinski definition) is 1. The number of aldehydes is 1. The van der Waals surface area contributed by atoms with E-state index in [9.17, 15) is 14.7 Å². The van der Waals surface area contributed by atoms with Gasteiger partial charge in [0.05, 0.1) is 12.7 Å². The fraction of sp³-hybridized carbons (Fsp3) is 0.125. The Bertz CT molecular complexity index is 663. The first-order valence-corrected chi connectivity index (χ1v) is 6.23. The van der Waals surface area contributed by atoms with E-state index in [0.29, 0.717) is 23.2 Å². The zero-order valence-electron chi connectivity index (χ0n) is 11.4. The molecule has 0 aliphatic rings. The van der Waals surface area contributed by atoms with Gasteiger partial charge in [-0.1, -0.05) is 18.2 Å². The van der Waals surface area contributed by atoms with E-state index in [1.807, 2.05) is 0 Å². The monoisotopic (exact) mass is 286 g/mol. The van der Waals surface area contributed by atoms with E-state index in [0.717, 1.165) is 0 Å². The normalized spacial score (nSPS) is 9.95. The molecule has 0 radical (unpaired) electrons. The van der Waals surface area contributed by atoms with Gasteiger partial charge in [0.25, 0.3) is 0 Å². The molecule has 0 saturated heterocycles. The number of para-hydroxylation sites is 1. The van der Waals surface area contributed by atoms with Crippen molar-refractivity contribution >= 4 is 12.3 Å². The lowest BCUT2D eigenvalue weighted by Crippen LogP contribution is -2.03. The van der Waals surface area contributed by atoms with E-state index < -0.39 is 5.97 Å². The lowest BCUT2D eigenvalue weighted by Gasteiger charge is -2.09. The highest BCUT2D eigenvalue weighted by molar-refractivity contribution is 5.92. The first kappa shape index (κ1) is 14.6. The maximum atomic E-state index is 11.4. The van der Waals surface area contributed by atoms with Crippen LogP contribution < -0.4 is 4.74 Å². The van der Waals surface area contributed by atoms with Crippen LogP contribution in [0.3, 0.4) is 0 Å². The van der Waals surface area contributed by atoms with Gasteiger partial charge in [0.2, 0.25) is 0 Å². The summed E-state index contributed by atoms with van der Waals surface area (Å²) in [7, 11) is 1.25. The molecular formula is C16H14O5. The Labute approximate surface area is 121 Å². The SMILES string of the molecule is COC(=O)c1ccc(COc2ccccc2C=O)cc1O. The third kappa shape index (κ3) is 3.39. The molecule has 0 atom stereocenters. The Kier molecular flexibility index (Phi) is 4.56. The van der Waals surface area contributed by atoms with Crippen molar-refractivity contribution in [2.24, 2.45) is 0 Å². The Hall–Kier alpha value is -2.82. The van der Waals surface area contributed by atoms with Gasteiger partial charge in [0.1, 0.15) is 23.7 Å². The number of benzene rings is 2. The summed E-state index contributed by atoms with van der Waals surface area (Å²) in [4.78, 5) is 22.2. The highest BCUT2D eigenvalue weighted by Crippen LogP contribution is 2.22. The van der Waals surface area contributed by atoms with Crippen LogP contribution in [0, 0.1) is 0 Å². The largest absolute Gasteiger partial charge is 0.507 e. The molecule has 0 bridgehead atoms. The van der Waals surface area contributed by atoms with E-state index in [1.165, 1.54) is 19.2 Å². The zero-order valence-corrected chi connectivity index (χ0v) is 11.4. The second-order valence-electron chi connectivity index (χ2n) is 4.29. The Morgan fingerprint density at radius 3 is 2.67 bits per heavy atom. The number of carbonyl (C=O) groups excluding carboxylic acids is 2. The molecule has 0 aliphatic carbocycles. The first-order valence-electron chi connectivity index (χ1n) is 6.23. The molecule has 2 aromatic rings. The summed E-state index contributed by atoms with van der Waals surface area (Å²) in [5.41, 5.74) is 1.21. The quantitative estimate of drug-likeness (QED) is 0.675. The minimum absolute atomic E-state index is 0.0922. The van der Waals surface area contributed by atoms with E-state index in [-0.39, 0.29) is 17.9 Å². The van der Waals surface area contributed by atoms with Gasteiger partial charge in [-0.15, -0.1) is 0 Å². The predicted octanol–water partition coefficient (Wildman–Crippen LogP) is 2.57. The Balaban J connectivity index is 2.12. The smallest absolute Gasteiger partial charge is 0.341 e. The number of carbonyl (C=O) groups is 2. The van der Waals surface area contributed by atoms with Crippen molar-refractivity contribution in [3.63, 3.8) is 0 Å². The number of phenols is 1. The molecule has 0 spiro atoms. The van der Waals surface area contributed by atoms with Gasteiger partial charge in [-0.2, -0.15) is 0 Å². The van der Waals surface area contributed by atoms with Gasteiger partial charge >= 0.3 is 5.97 Å². The van der Waals surface area contributed by atoms with Crippen molar-refractivity contribution < 1.29 is 24.2 Å². The van der Waals surface area contributed by atoms with Crippen molar-refractivity contribution in [1.82, 2.24) is 0 Å². The number of esters is 1. The average Bonchev–Trinajstić information content (AvgIpc) is 2.52. The van der Waals surface area contributed by atoms with Crippen LogP contribution in [-0.4, -0.2) is 24.5 Å². The number of rotatable bonds is 5. The Morgan fingerprint density at radius 1 is 1.24 bits per heavy atom. The predicted molar refractivity (Wildman–Crippen MR) is 75.6 cm³/mol. The third-order valence-electron chi connectivity index (χ3n) is 2.91. The summed E-state index contributed by atoms with van der Waals surface area (Å²) in [5, 5.41) is 9.78. The maximum Gasteiger partial charge on any atom is 0.341 e.